The zero-order valence-electron chi connectivity index (χ0n) is 10.1. The van der Waals surface area contributed by atoms with Gasteiger partial charge in [-0.2, -0.15) is 0 Å². The molecule has 2 rings (SSSR count). The van der Waals surface area contributed by atoms with Gasteiger partial charge in [-0.15, -0.1) is 13.2 Å². The van der Waals surface area contributed by atoms with Gasteiger partial charge in [0.1, 0.15) is 5.75 Å². The standard InChI is InChI=1S/C11H9F3N2O3S/c1-16-9(17)8(20-10(16)18)15-6-2-4-7(5-3-6)19-11(12,13)14/h2-5,8,15H,1H3/t8-/m1/s1. The first-order chi connectivity index (χ1) is 9.26. The zero-order chi connectivity index (χ0) is 14.9. The Morgan fingerprint density at radius 3 is 2.30 bits per heavy atom. The van der Waals surface area contributed by atoms with Crippen LogP contribution in [-0.4, -0.2) is 34.8 Å². The predicted octanol–water partition coefficient (Wildman–Crippen LogP) is 2.65. The Hall–Kier alpha value is -1.90. The Bertz CT molecular complexity index is 533. The molecule has 1 saturated heterocycles. The molecule has 0 spiro atoms. The quantitative estimate of drug-likeness (QED) is 0.930. The summed E-state index contributed by atoms with van der Waals surface area (Å²) >= 11 is 0.806. The second kappa shape index (κ2) is 5.23. The summed E-state index contributed by atoms with van der Waals surface area (Å²) in [5, 5.41) is 1.59. The molecule has 1 N–H and O–H groups in total. The first-order valence-corrected chi connectivity index (χ1v) is 6.25. The van der Waals surface area contributed by atoms with Crippen molar-refractivity contribution in [2.24, 2.45) is 0 Å². The Morgan fingerprint density at radius 2 is 1.85 bits per heavy atom. The molecule has 1 aromatic rings. The molecule has 0 saturated carbocycles. The Balaban J connectivity index is 2.01. The van der Waals surface area contributed by atoms with Gasteiger partial charge < -0.3 is 10.1 Å². The molecule has 1 aliphatic heterocycles. The molecular formula is C11H9F3N2O3S. The summed E-state index contributed by atoms with van der Waals surface area (Å²) < 4.78 is 39.7. The van der Waals surface area contributed by atoms with Gasteiger partial charge in [-0.25, -0.2) is 0 Å². The van der Waals surface area contributed by atoms with Crippen LogP contribution in [0.25, 0.3) is 0 Å². The van der Waals surface area contributed by atoms with Crippen LogP contribution in [0.1, 0.15) is 0 Å². The maximum atomic E-state index is 12.0. The summed E-state index contributed by atoms with van der Waals surface area (Å²) in [5.41, 5.74) is 0.411. The highest BCUT2D eigenvalue weighted by molar-refractivity contribution is 8.15. The zero-order valence-corrected chi connectivity index (χ0v) is 10.9. The molecule has 9 heteroatoms. The predicted molar refractivity (Wildman–Crippen MR) is 66.3 cm³/mol. The van der Waals surface area contributed by atoms with Crippen molar-refractivity contribution in [2.45, 2.75) is 11.7 Å². The fourth-order valence-corrected chi connectivity index (χ4v) is 2.40. The summed E-state index contributed by atoms with van der Waals surface area (Å²) in [6.45, 7) is 0. The van der Waals surface area contributed by atoms with Crippen molar-refractivity contribution in [3.05, 3.63) is 24.3 Å². The summed E-state index contributed by atoms with van der Waals surface area (Å²) in [5.74, 6) is -0.766. The van der Waals surface area contributed by atoms with E-state index in [0.717, 1.165) is 28.8 Å². The molecule has 108 valence electrons. The summed E-state index contributed by atoms with van der Waals surface area (Å²) in [6, 6.07) is 4.90. The third-order valence-electron chi connectivity index (χ3n) is 2.43. The van der Waals surface area contributed by atoms with Crippen molar-refractivity contribution in [1.29, 1.82) is 0 Å². The second-order valence-electron chi connectivity index (χ2n) is 3.88. The average Bonchev–Trinajstić information content (AvgIpc) is 2.58. The van der Waals surface area contributed by atoms with Crippen LogP contribution in [0.2, 0.25) is 0 Å². The number of ether oxygens (including phenoxy) is 1. The van der Waals surface area contributed by atoms with E-state index in [1.54, 1.807) is 0 Å². The molecule has 0 radical (unpaired) electrons. The molecule has 0 bridgehead atoms. The molecule has 1 heterocycles. The number of nitrogens with zero attached hydrogens (tertiary/aromatic N) is 1. The highest BCUT2D eigenvalue weighted by atomic mass is 32.2. The topological polar surface area (TPSA) is 58.6 Å². The van der Waals surface area contributed by atoms with E-state index in [1.165, 1.54) is 19.2 Å². The summed E-state index contributed by atoms with van der Waals surface area (Å²) in [4.78, 5) is 23.9. The average molecular weight is 306 g/mol. The fourth-order valence-electron chi connectivity index (χ4n) is 1.49. The maximum absolute atomic E-state index is 12.0. The van der Waals surface area contributed by atoms with Crippen LogP contribution in [0, 0.1) is 0 Å². The molecule has 0 aromatic heterocycles. The molecule has 1 aromatic carbocycles. The normalized spacial score (nSPS) is 19.4. The highest BCUT2D eigenvalue weighted by Gasteiger charge is 2.37. The Labute approximate surface area is 116 Å². The van der Waals surface area contributed by atoms with Crippen molar-refractivity contribution >= 4 is 28.6 Å². The van der Waals surface area contributed by atoms with Gasteiger partial charge in [0.15, 0.2) is 5.37 Å². The lowest BCUT2D eigenvalue weighted by Crippen LogP contribution is -2.31. The first-order valence-electron chi connectivity index (χ1n) is 5.37. The van der Waals surface area contributed by atoms with Gasteiger partial charge in [0, 0.05) is 12.7 Å². The molecule has 1 fully saturated rings. The monoisotopic (exact) mass is 306 g/mol. The van der Waals surface area contributed by atoms with Gasteiger partial charge >= 0.3 is 6.36 Å². The second-order valence-corrected chi connectivity index (χ2v) is 4.93. The lowest BCUT2D eigenvalue weighted by Gasteiger charge is -2.12. The van der Waals surface area contributed by atoms with Crippen LogP contribution in [0.5, 0.6) is 5.75 Å². The largest absolute Gasteiger partial charge is 0.573 e. The van der Waals surface area contributed by atoms with E-state index in [9.17, 15) is 22.8 Å². The van der Waals surface area contributed by atoms with E-state index in [4.69, 9.17) is 0 Å². The van der Waals surface area contributed by atoms with Gasteiger partial charge in [0.05, 0.1) is 0 Å². The van der Waals surface area contributed by atoms with Crippen molar-refractivity contribution in [1.82, 2.24) is 4.90 Å². The molecule has 2 amide bonds. The van der Waals surface area contributed by atoms with Gasteiger partial charge in [0.25, 0.3) is 11.1 Å². The van der Waals surface area contributed by atoms with Crippen molar-refractivity contribution in [3.8, 4) is 5.75 Å². The maximum Gasteiger partial charge on any atom is 0.573 e. The number of thioether (sulfide) groups is 1. The molecule has 20 heavy (non-hydrogen) atoms. The number of carbonyl (C=O) groups is 2. The van der Waals surface area contributed by atoms with Crippen LogP contribution < -0.4 is 10.1 Å². The molecule has 0 unspecified atom stereocenters. The van der Waals surface area contributed by atoms with Gasteiger partial charge in [0.2, 0.25) is 0 Å². The van der Waals surface area contributed by atoms with Gasteiger partial charge in [-0.1, -0.05) is 0 Å². The van der Waals surface area contributed by atoms with Crippen molar-refractivity contribution < 1.29 is 27.5 Å². The number of carbonyl (C=O) groups excluding carboxylic acids is 2. The number of anilines is 1. The molecule has 1 atom stereocenters. The Morgan fingerprint density at radius 1 is 1.25 bits per heavy atom. The van der Waals surface area contributed by atoms with E-state index in [2.05, 4.69) is 10.1 Å². The molecular weight excluding hydrogens is 297 g/mol. The number of hydrogen-bond donors (Lipinski definition) is 1. The third-order valence-corrected chi connectivity index (χ3v) is 3.46. The van der Waals surface area contributed by atoms with E-state index in [-0.39, 0.29) is 11.0 Å². The first kappa shape index (κ1) is 14.5. The number of hydrogen-bond acceptors (Lipinski definition) is 5. The fraction of sp³-hybridized carbons (Fsp3) is 0.273. The number of alkyl halides is 3. The minimum atomic E-state index is -4.75. The van der Waals surface area contributed by atoms with Crippen LogP contribution in [-0.2, 0) is 4.79 Å². The number of imide groups is 1. The Kier molecular flexibility index (Phi) is 3.80. The smallest absolute Gasteiger partial charge is 0.406 e. The van der Waals surface area contributed by atoms with Crippen LogP contribution in [0.4, 0.5) is 23.7 Å². The number of likely N-dealkylation sites (N-methyl/N-ethyl adjacent to an activating group) is 1. The molecule has 5 nitrogen and oxygen atoms in total. The minimum Gasteiger partial charge on any atom is -0.406 e. The lowest BCUT2D eigenvalue weighted by atomic mass is 10.3. The molecule has 0 aliphatic carbocycles. The van der Waals surface area contributed by atoms with Crippen LogP contribution in [0.15, 0.2) is 24.3 Å². The van der Waals surface area contributed by atoms with Crippen molar-refractivity contribution in [3.63, 3.8) is 0 Å². The number of halogens is 3. The van der Waals surface area contributed by atoms with E-state index in [0.29, 0.717) is 5.69 Å². The van der Waals surface area contributed by atoms with E-state index >= 15 is 0 Å². The van der Waals surface area contributed by atoms with E-state index < -0.39 is 17.6 Å². The van der Waals surface area contributed by atoms with Crippen LogP contribution in [0.3, 0.4) is 0 Å². The number of amides is 2. The number of nitrogens with one attached hydrogen (secondary N) is 1. The SMILES string of the molecule is CN1C(=O)S[C@@H](Nc2ccc(OC(F)(F)F)cc2)C1=O. The summed E-state index contributed by atoms with van der Waals surface area (Å²) in [6.07, 6.45) is -4.75. The van der Waals surface area contributed by atoms with Crippen LogP contribution >= 0.6 is 11.8 Å². The van der Waals surface area contributed by atoms with Gasteiger partial charge in [-0.05, 0) is 36.0 Å². The summed E-state index contributed by atoms with van der Waals surface area (Å²) in [7, 11) is 1.36. The van der Waals surface area contributed by atoms with Gasteiger partial charge in [-0.3, -0.25) is 14.5 Å². The van der Waals surface area contributed by atoms with E-state index in [1.807, 2.05) is 0 Å². The highest BCUT2D eigenvalue weighted by Crippen LogP contribution is 2.28. The lowest BCUT2D eigenvalue weighted by molar-refractivity contribution is -0.274. The third kappa shape index (κ3) is 3.35. The number of benzene rings is 1. The molecule has 1 aliphatic rings. The minimum absolute atomic E-state index is 0.360. The number of rotatable bonds is 3. The van der Waals surface area contributed by atoms with Crippen molar-refractivity contribution in [2.75, 3.05) is 12.4 Å².